The molecule has 0 spiro atoms. The van der Waals surface area contributed by atoms with Crippen molar-refractivity contribution in [2.75, 3.05) is 26.4 Å². The number of fused-ring (bicyclic) bond motifs is 2. The largest absolute Gasteiger partial charge is 0.545 e. The molecule has 0 aliphatic heterocycles. The first kappa shape index (κ1) is 25.3. The lowest BCUT2D eigenvalue weighted by Gasteiger charge is -2.39. The van der Waals surface area contributed by atoms with Crippen LogP contribution in [0, 0.1) is 0 Å². The van der Waals surface area contributed by atoms with Crippen LogP contribution in [0.2, 0.25) is 0 Å². The van der Waals surface area contributed by atoms with E-state index in [2.05, 4.69) is 91.8 Å². The van der Waals surface area contributed by atoms with Crippen molar-refractivity contribution in [3.8, 4) is 0 Å². The van der Waals surface area contributed by atoms with E-state index in [0.717, 1.165) is 29.8 Å². The van der Waals surface area contributed by atoms with Crippen molar-refractivity contribution in [1.82, 2.24) is 4.90 Å². The molecule has 1 aliphatic rings. The summed E-state index contributed by atoms with van der Waals surface area (Å²) < 4.78 is 0. The van der Waals surface area contributed by atoms with E-state index < -0.39 is 11.4 Å². The Labute approximate surface area is 224 Å². The van der Waals surface area contributed by atoms with Crippen LogP contribution < -0.4 is 5.11 Å². The molecule has 0 N–H and O–H groups in total. The molecule has 37 heavy (non-hydrogen) atoms. The lowest BCUT2D eigenvalue weighted by atomic mass is 9.67. The topological polar surface area (TPSA) is 43.4 Å². The summed E-state index contributed by atoms with van der Waals surface area (Å²) in [6.07, 6.45) is 1.95. The van der Waals surface area contributed by atoms with Crippen LogP contribution in [0.4, 0.5) is 0 Å². The molecule has 0 fully saturated rings. The number of carboxylic acids is 1. The molecule has 188 valence electrons. The minimum atomic E-state index is -1.14. The molecule has 0 amide bonds. The van der Waals surface area contributed by atoms with Gasteiger partial charge in [-0.05, 0) is 79.3 Å². The SMILES string of the molecule is CN(C)CCC1Cc2ccccc2C(CSc2ccccc2)(c2ccccc2C(=O)[O-])c2ccccc21. The average Bonchev–Trinajstić information content (AvgIpc) is 3.04. The molecule has 1 aliphatic carbocycles. The molecule has 4 heteroatoms. The Hall–Kier alpha value is -3.34. The van der Waals surface area contributed by atoms with Gasteiger partial charge in [0, 0.05) is 16.2 Å². The first-order valence-corrected chi connectivity index (χ1v) is 13.8. The van der Waals surface area contributed by atoms with Crippen molar-refractivity contribution < 1.29 is 9.90 Å². The first-order chi connectivity index (χ1) is 18.0. The van der Waals surface area contributed by atoms with Crippen LogP contribution in [0.3, 0.4) is 0 Å². The molecule has 0 saturated heterocycles. The van der Waals surface area contributed by atoms with E-state index in [9.17, 15) is 9.90 Å². The van der Waals surface area contributed by atoms with E-state index >= 15 is 0 Å². The van der Waals surface area contributed by atoms with Crippen molar-refractivity contribution in [2.24, 2.45) is 0 Å². The summed E-state index contributed by atoms with van der Waals surface area (Å²) in [5, 5.41) is 12.5. The summed E-state index contributed by atoms with van der Waals surface area (Å²) in [6.45, 7) is 0.989. The number of benzene rings is 4. The van der Waals surface area contributed by atoms with Crippen molar-refractivity contribution >= 4 is 17.7 Å². The van der Waals surface area contributed by atoms with Gasteiger partial charge in [0.25, 0.3) is 0 Å². The third kappa shape index (κ3) is 4.96. The van der Waals surface area contributed by atoms with Gasteiger partial charge in [0.1, 0.15) is 0 Å². The van der Waals surface area contributed by atoms with Gasteiger partial charge in [0.15, 0.2) is 0 Å². The number of carboxylic acid groups (broad SMARTS) is 1. The predicted octanol–water partition coefficient (Wildman–Crippen LogP) is 5.77. The summed E-state index contributed by atoms with van der Waals surface area (Å²) >= 11 is 1.78. The maximum absolute atomic E-state index is 12.5. The van der Waals surface area contributed by atoms with Crippen molar-refractivity contribution in [1.29, 1.82) is 0 Å². The summed E-state index contributed by atoms with van der Waals surface area (Å²) in [6, 6.07) is 35.1. The molecule has 4 aromatic rings. The number of rotatable bonds is 8. The summed E-state index contributed by atoms with van der Waals surface area (Å²) in [5.41, 5.74) is 5.37. The Morgan fingerprint density at radius 1 is 0.838 bits per heavy atom. The van der Waals surface area contributed by atoms with Gasteiger partial charge in [-0.15, -0.1) is 11.8 Å². The number of thioether (sulfide) groups is 1. The fraction of sp³-hybridized carbons (Fsp3) is 0.242. The van der Waals surface area contributed by atoms with Crippen LogP contribution in [-0.2, 0) is 11.8 Å². The molecular formula is C33H32NO2S-. The van der Waals surface area contributed by atoms with Crippen LogP contribution >= 0.6 is 11.8 Å². The van der Waals surface area contributed by atoms with Gasteiger partial charge in [0.05, 0.1) is 11.4 Å². The highest BCUT2D eigenvalue weighted by atomic mass is 32.2. The maximum atomic E-state index is 12.5. The van der Waals surface area contributed by atoms with Crippen LogP contribution in [-0.4, -0.2) is 37.3 Å². The molecule has 0 saturated carbocycles. The number of nitrogens with zero attached hydrogens (tertiary/aromatic N) is 1. The van der Waals surface area contributed by atoms with Gasteiger partial charge in [-0.3, -0.25) is 0 Å². The molecular weight excluding hydrogens is 474 g/mol. The lowest BCUT2D eigenvalue weighted by Crippen LogP contribution is -2.37. The van der Waals surface area contributed by atoms with E-state index in [1.165, 1.54) is 22.3 Å². The Morgan fingerprint density at radius 2 is 1.46 bits per heavy atom. The second kappa shape index (κ2) is 11.0. The van der Waals surface area contributed by atoms with Gasteiger partial charge >= 0.3 is 0 Å². The van der Waals surface area contributed by atoms with Gasteiger partial charge in [-0.2, -0.15) is 0 Å². The zero-order chi connectivity index (χ0) is 25.8. The van der Waals surface area contributed by atoms with E-state index in [-0.39, 0.29) is 5.56 Å². The van der Waals surface area contributed by atoms with Crippen molar-refractivity contribution in [3.63, 3.8) is 0 Å². The van der Waals surface area contributed by atoms with Gasteiger partial charge in [-0.1, -0.05) is 91.0 Å². The predicted molar refractivity (Wildman–Crippen MR) is 150 cm³/mol. The smallest absolute Gasteiger partial charge is 0.0718 e. The summed E-state index contributed by atoms with van der Waals surface area (Å²) in [7, 11) is 4.24. The third-order valence-corrected chi connectivity index (χ3v) is 8.72. The first-order valence-electron chi connectivity index (χ1n) is 12.8. The Kier molecular flexibility index (Phi) is 7.50. The van der Waals surface area contributed by atoms with Gasteiger partial charge < -0.3 is 14.8 Å². The minimum absolute atomic E-state index is 0.257. The van der Waals surface area contributed by atoms with Crippen LogP contribution in [0.1, 0.15) is 50.5 Å². The van der Waals surface area contributed by atoms with E-state index in [0.29, 0.717) is 11.7 Å². The fourth-order valence-electron chi connectivity index (χ4n) is 5.81. The highest BCUT2D eigenvalue weighted by Crippen LogP contribution is 2.51. The molecule has 0 aromatic heterocycles. The van der Waals surface area contributed by atoms with Crippen molar-refractivity contribution in [2.45, 2.75) is 29.1 Å². The number of carbonyl (C=O) groups excluding carboxylic acids is 1. The molecule has 2 atom stereocenters. The molecule has 0 radical (unpaired) electrons. The number of aromatic carboxylic acids is 1. The van der Waals surface area contributed by atoms with Crippen LogP contribution in [0.25, 0.3) is 0 Å². The summed E-state index contributed by atoms with van der Waals surface area (Å²) in [5.74, 6) is -0.128. The van der Waals surface area contributed by atoms with Crippen LogP contribution in [0.15, 0.2) is 108 Å². The third-order valence-electron chi connectivity index (χ3n) is 7.53. The highest BCUT2D eigenvalue weighted by molar-refractivity contribution is 7.99. The zero-order valence-electron chi connectivity index (χ0n) is 21.4. The molecule has 0 heterocycles. The maximum Gasteiger partial charge on any atom is 0.0718 e. The zero-order valence-corrected chi connectivity index (χ0v) is 22.2. The molecule has 5 rings (SSSR count). The Balaban J connectivity index is 1.81. The molecule has 3 nitrogen and oxygen atoms in total. The summed E-state index contributed by atoms with van der Waals surface area (Å²) in [4.78, 5) is 15.9. The van der Waals surface area contributed by atoms with Gasteiger partial charge in [-0.25, -0.2) is 0 Å². The lowest BCUT2D eigenvalue weighted by molar-refractivity contribution is -0.255. The standard InChI is InChI=1S/C33H33NO2S/c1-34(2)21-20-24-22-25-12-6-9-17-29(25)33(30-18-10-7-15-27(24)30,23-37-26-13-4-3-5-14-26)31-19-11-8-16-28(31)32(35)36/h3-19,24H,20-23H2,1-2H3,(H,35,36)/p-1. The monoisotopic (exact) mass is 506 g/mol. The number of carbonyl (C=O) groups is 1. The number of hydrogen-bond acceptors (Lipinski definition) is 4. The van der Waals surface area contributed by atoms with Crippen LogP contribution in [0.5, 0.6) is 0 Å². The van der Waals surface area contributed by atoms with E-state index in [4.69, 9.17) is 0 Å². The Bertz CT molecular complexity index is 1380. The van der Waals surface area contributed by atoms with E-state index in [1.807, 2.05) is 18.2 Å². The van der Waals surface area contributed by atoms with Gasteiger partial charge in [0.2, 0.25) is 0 Å². The molecule has 0 bridgehead atoms. The second-order valence-electron chi connectivity index (χ2n) is 10.1. The average molecular weight is 507 g/mol. The fourth-order valence-corrected chi connectivity index (χ4v) is 7.01. The number of hydrogen-bond donors (Lipinski definition) is 0. The second-order valence-corrected chi connectivity index (χ2v) is 11.1. The normalized spacial score (nSPS) is 18.6. The molecule has 2 unspecified atom stereocenters. The quantitative estimate of drug-likeness (QED) is 0.285. The molecule has 4 aromatic carbocycles. The van der Waals surface area contributed by atoms with Crippen molar-refractivity contribution in [3.05, 3.63) is 137 Å². The Morgan fingerprint density at radius 3 is 2.19 bits per heavy atom. The van der Waals surface area contributed by atoms with E-state index in [1.54, 1.807) is 23.9 Å². The highest BCUT2D eigenvalue weighted by Gasteiger charge is 2.44. The minimum Gasteiger partial charge on any atom is -0.545 e.